The van der Waals surface area contributed by atoms with Crippen LogP contribution < -0.4 is 0 Å². The molecule has 5 nitrogen and oxygen atoms in total. The van der Waals surface area contributed by atoms with E-state index in [9.17, 15) is 18.3 Å². The number of hydrogen-bond acceptors (Lipinski definition) is 4. The third-order valence-electron chi connectivity index (χ3n) is 4.12. The summed E-state index contributed by atoms with van der Waals surface area (Å²) in [4.78, 5) is 13.6. The van der Waals surface area contributed by atoms with Crippen molar-refractivity contribution in [3.63, 3.8) is 0 Å². The average molecular weight is 307 g/mol. The highest BCUT2D eigenvalue weighted by Gasteiger charge is 2.42. The number of piperidine rings is 1. The van der Waals surface area contributed by atoms with E-state index in [1.165, 1.54) is 12.1 Å². The van der Waals surface area contributed by atoms with Crippen LogP contribution >= 0.6 is 0 Å². The van der Waals surface area contributed by atoms with E-state index < -0.39 is 22.0 Å². The van der Waals surface area contributed by atoms with Crippen molar-refractivity contribution < 1.29 is 18.3 Å². The van der Waals surface area contributed by atoms with Gasteiger partial charge in [-0.3, -0.25) is 4.79 Å². The van der Waals surface area contributed by atoms with Crippen molar-refractivity contribution in [2.75, 3.05) is 6.54 Å². The number of aliphatic hydroxyl groups is 1. The Bertz CT molecular complexity index is 681. The summed E-state index contributed by atoms with van der Waals surface area (Å²) in [6.07, 6.45) is 2.35. The lowest BCUT2D eigenvalue weighted by Crippen LogP contribution is -2.53. The highest BCUT2D eigenvalue weighted by atomic mass is 32.2. The molecule has 0 radical (unpaired) electrons. The van der Waals surface area contributed by atoms with Gasteiger partial charge in [-0.15, -0.1) is 0 Å². The fraction of sp³-hybridized carbons (Fsp3) is 0.400. The van der Waals surface area contributed by atoms with Gasteiger partial charge in [0.2, 0.25) is 15.7 Å². The second-order valence-corrected chi connectivity index (χ2v) is 7.35. The van der Waals surface area contributed by atoms with Crippen molar-refractivity contribution in [1.82, 2.24) is 4.90 Å². The van der Waals surface area contributed by atoms with Gasteiger partial charge in [0.05, 0.1) is 15.8 Å². The second-order valence-electron chi connectivity index (χ2n) is 5.40. The molecule has 1 amide bonds. The van der Waals surface area contributed by atoms with Gasteiger partial charge in [0, 0.05) is 12.6 Å². The van der Waals surface area contributed by atoms with Gasteiger partial charge in [-0.1, -0.05) is 18.2 Å². The predicted octanol–water partition coefficient (Wildman–Crippen LogP) is 1.10. The molecule has 0 saturated carbocycles. The summed E-state index contributed by atoms with van der Waals surface area (Å²) < 4.78 is 25.2. The molecular weight excluding hydrogens is 290 g/mol. The Balaban J connectivity index is 2.04. The van der Waals surface area contributed by atoms with Gasteiger partial charge < -0.3 is 10.0 Å². The predicted molar refractivity (Wildman–Crippen MR) is 77.1 cm³/mol. The van der Waals surface area contributed by atoms with Crippen LogP contribution in [0.2, 0.25) is 0 Å². The molecule has 112 valence electrons. The number of rotatable bonds is 2. The van der Waals surface area contributed by atoms with Crippen molar-refractivity contribution in [3.05, 3.63) is 41.3 Å². The monoisotopic (exact) mass is 307 g/mol. The number of nitrogens with zero attached hydrogens (tertiary/aromatic N) is 1. The molecule has 1 aromatic rings. The molecule has 6 heteroatoms. The lowest BCUT2D eigenvalue weighted by Gasteiger charge is -2.41. The first-order chi connectivity index (χ1) is 10.0. The Hall–Kier alpha value is -1.66. The molecule has 1 aromatic carbocycles. The zero-order valence-electron chi connectivity index (χ0n) is 11.5. The number of aliphatic hydroxyl groups excluding tert-OH is 1. The Kier molecular flexibility index (Phi) is 3.59. The number of carbonyl (C=O) groups excluding carboxylic acids is 1. The number of benzene rings is 1. The minimum Gasteiger partial charge on any atom is -0.385 e. The number of carbonyl (C=O) groups is 1. The first kappa shape index (κ1) is 14.3. The van der Waals surface area contributed by atoms with E-state index in [0.717, 1.165) is 18.9 Å². The molecule has 1 fully saturated rings. The van der Waals surface area contributed by atoms with Crippen LogP contribution in [0.15, 0.2) is 46.2 Å². The summed E-state index contributed by atoms with van der Waals surface area (Å²) in [5, 5.41) is 10.4. The van der Waals surface area contributed by atoms with Crippen LogP contribution in [0.25, 0.3) is 0 Å². The van der Waals surface area contributed by atoms with E-state index in [1.54, 1.807) is 23.1 Å². The number of amides is 1. The van der Waals surface area contributed by atoms with E-state index in [4.69, 9.17) is 0 Å². The van der Waals surface area contributed by atoms with Gasteiger partial charge in [-0.2, -0.15) is 0 Å². The fourth-order valence-corrected chi connectivity index (χ4v) is 4.53. The maximum absolute atomic E-state index is 12.6. The lowest BCUT2D eigenvalue weighted by atomic mass is 9.94. The Morgan fingerprint density at radius 2 is 1.86 bits per heavy atom. The zero-order chi connectivity index (χ0) is 15.0. The molecule has 1 saturated heterocycles. The highest BCUT2D eigenvalue weighted by molar-refractivity contribution is 7.95. The Morgan fingerprint density at radius 3 is 2.57 bits per heavy atom. The number of hydrogen-bond donors (Lipinski definition) is 1. The molecule has 0 bridgehead atoms. The van der Waals surface area contributed by atoms with Crippen LogP contribution in [0.1, 0.15) is 19.3 Å². The van der Waals surface area contributed by atoms with Crippen molar-refractivity contribution >= 4 is 15.7 Å². The average Bonchev–Trinajstić information content (AvgIpc) is 2.51. The number of sulfone groups is 1. The van der Waals surface area contributed by atoms with Gasteiger partial charge >= 0.3 is 0 Å². The summed E-state index contributed by atoms with van der Waals surface area (Å²) in [6.45, 7) is 0.579. The van der Waals surface area contributed by atoms with E-state index in [1.807, 2.05) is 0 Å². The molecule has 0 aliphatic carbocycles. The third-order valence-corrected chi connectivity index (χ3v) is 5.99. The van der Waals surface area contributed by atoms with Gasteiger partial charge in [0.25, 0.3) is 0 Å². The van der Waals surface area contributed by atoms with Crippen molar-refractivity contribution in [1.29, 1.82) is 0 Å². The lowest BCUT2D eigenvalue weighted by molar-refractivity contribution is -0.133. The summed E-state index contributed by atoms with van der Waals surface area (Å²) in [5.41, 5.74) is 0. The Morgan fingerprint density at radius 1 is 1.14 bits per heavy atom. The van der Waals surface area contributed by atoms with E-state index in [0.29, 0.717) is 13.0 Å². The molecular formula is C15H17NO4S. The first-order valence-corrected chi connectivity index (χ1v) is 8.50. The largest absolute Gasteiger partial charge is 0.385 e. The van der Waals surface area contributed by atoms with Gasteiger partial charge in [-0.25, -0.2) is 8.42 Å². The number of fused-ring (bicyclic) bond motifs is 1. The van der Waals surface area contributed by atoms with Crippen LogP contribution in [-0.4, -0.2) is 43.0 Å². The zero-order valence-corrected chi connectivity index (χ0v) is 12.3. The summed E-state index contributed by atoms with van der Waals surface area (Å²) in [5.74, 6) is -0.320. The molecule has 2 atom stereocenters. The van der Waals surface area contributed by atoms with Crippen LogP contribution in [0, 0.1) is 0 Å². The van der Waals surface area contributed by atoms with E-state index >= 15 is 0 Å². The minimum absolute atomic E-state index is 0.104. The quantitative estimate of drug-likeness (QED) is 0.888. The molecule has 0 spiro atoms. The second kappa shape index (κ2) is 5.27. The van der Waals surface area contributed by atoms with Crippen LogP contribution in [0.3, 0.4) is 0 Å². The first-order valence-electron chi connectivity index (χ1n) is 7.02. The molecule has 2 aliphatic heterocycles. The van der Waals surface area contributed by atoms with Crippen LogP contribution in [0.4, 0.5) is 0 Å². The van der Waals surface area contributed by atoms with E-state index in [-0.39, 0.29) is 15.7 Å². The van der Waals surface area contributed by atoms with E-state index in [2.05, 4.69) is 0 Å². The fourth-order valence-electron chi connectivity index (χ4n) is 3.01. The molecule has 1 N–H and O–H groups in total. The van der Waals surface area contributed by atoms with Crippen molar-refractivity contribution in [2.45, 2.75) is 36.3 Å². The van der Waals surface area contributed by atoms with Gasteiger partial charge in [-0.05, 0) is 31.4 Å². The molecule has 0 aromatic heterocycles. The van der Waals surface area contributed by atoms with Crippen molar-refractivity contribution in [3.8, 4) is 0 Å². The molecule has 0 unspecified atom stereocenters. The van der Waals surface area contributed by atoms with Crippen LogP contribution in [-0.2, 0) is 14.6 Å². The van der Waals surface area contributed by atoms with Crippen molar-refractivity contribution in [2.24, 2.45) is 0 Å². The SMILES string of the molecule is O=C1C=C(S(=O)(=O)c2ccccc2)[C@@H](O)[C@@H]2CCCCN12. The Labute approximate surface area is 123 Å². The molecule has 2 heterocycles. The minimum atomic E-state index is -3.83. The molecule has 3 rings (SSSR count). The maximum atomic E-state index is 12.6. The summed E-state index contributed by atoms with van der Waals surface area (Å²) >= 11 is 0. The standard InChI is InChI=1S/C15H17NO4S/c17-14-10-13(15(18)12-8-4-5-9-16(12)14)21(19,20)11-6-2-1-3-7-11/h1-3,6-7,10,12,15,18H,4-5,8-9H2/t12-,15-/m0/s1. The van der Waals surface area contributed by atoms with Gasteiger partial charge in [0.1, 0.15) is 6.10 Å². The smallest absolute Gasteiger partial charge is 0.248 e. The third kappa shape index (κ3) is 2.38. The van der Waals surface area contributed by atoms with Gasteiger partial charge in [0.15, 0.2) is 0 Å². The summed E-state index contributed by atoms with van der Waals surface area (Å²) in [6, 6.07) is 7.49. The topological polar surface area (TPSA) is 74.7 Å². The van der Waals surface area contributed by atoms with Crippen LogP contribution in [0.5, 0.6) is 0 Å². The highest BCUT2D eigenvalue weighted by Crippen LogP contribution is 2.32. The molecule has 2 aliphatic rings. The summed E-state index contributed by atoms with van der Waals surface area (Å²) in [7, 11) is -3.83. The molecule has 21 heavy (non-hydrogen) atoms. The maximum Gasteiger partial charge on any atom is 0.248 e. The normalized spacial score (nSPS) is 26.2.